The number of carbonyl (C=O) groups is 1. The largest absolute Gasteiger partial charge is 0.317 e. The molecule has 9 heteroatoms. The molecule has 0 aliphatic carbocycles. The van der Waals surface area contributed by atoms with Crippen LogP contribution in [0.15, 0.2) is 59.5 Å². The first-order valence-electron chi connectivity index (χ1n) is 10.4. The molecule has 0 spiro atoms. The number of hydrogen-bond acceptors (Lipinski definition) is 6. The summed E-state index contributed by atoms with van der Waals surface area (Å²) in [5.74, 6) is -1.40. The number of amides is 1. The van der Waals surface area contributed by atoms with E-state index in [2.05, 4.69) is 28.4 Å². The lowest BCUT2D eigenvalue weighted by molar-refractivity contribution is -0.115. The lowest BCUT2D eigenvalue weighted by Gasteiger charge is -2.26. The third kappa shape index (κ3) is 5.47. The zero-order valence-corrected chi connectivity index (χ0v) is 19.4. The number of hydrogen-bond donors (Lipinski definition) is 1. The molecule has 1 aliphatic rings. The summed E-state index contributed by atoms with van der Waals surface area (Å²) in [5, 5.41) is 12.9. The van der Waals surface area contributed by atoms with Crippen LogP contribution >= 0.6 is 11.3 Å². The fourth-order valence-corrected chi connectivity index (χ4v) is 6.31. The molecule has 0 bridgehead atoms. The number of anilines is 1. The maximum Gasteiger partial charge on any atom is 0.226 e. The lowest BCUT2D eigenvalue weighted by Crippen LogP contribution is -2.29. The van der Waals surface area contributed by atoms with Crippen LogP contribution in [0.4, 0.5) is 9.39 Å². The van der Waals surface area contributed by atoms with E-state index in [9.17, 15) is 22.9 Å². The molecule has 6 nitrogen and oxygen atoms in total. The second-order valence-corrected chi connectivity index (χ2v) is 11.1. The van der Waals surface area contributed by atoms with Crippen molar-refractivity contribution in [3.05, 3.63) is 82.0 Å². The molecule has 4 rings (SSSR count). The smallest absolute Gasteiger partial charge is 0.226 e. The van der Waals surface area contributed by atoms with Gasteiger partial charge in [-0.25, -0.2) is 12.8 Å². The van der Waals surface area contributed by atoms with Crippen LogP contribution in [0.1, 0.15) is 28.0 Å². The Kier molecular flexibility index (Phi) is 6.88. The Labute approximate surface area is 196 Å². The normalized spacial score (nSPS) is 13.8. The molecule has 2 aromatic carbocycles. The van der Waals surface area contributed by atoms with Crippen LogP contribution in [0.5, 0.6) is 0 Å². The van der Waals surface area contributed by atoms with E-state index in [1.165, 1.54) is 29.0 Å². The third-order valence-electron chi connectivity index (χ3n) is 5.52. The van der Waals surface area contributed by atoms with Crippen LogP contribution in [0.3, 0.4) is 0 Å². The van der Waals surface area contributed by atoms with Gasteiger partial charge in [-0.05, 0) is 41.8 Å². The fourth-order valence-electron chi connectivity index (χ4n) is 3.82. The van der Waals surface area contributed by atoms with Gasteiger partial charge in [-0.15, -0.1) is 11.3 Å². The van der Waals surface area contributed by atoms with Crippen LogP contribution < -0.4 is 5.32 Å². The van der Waals surface area contributed by atoms with Crippen LogP contribution in [0, 0.1) is 17.1 Å². The van der Waals surface area contributed by atoms with Gasteiger partial charge in [0.05, 0.1) is 16.2 Å². The zero-order valence-electron chi connectivity index (χ0n) is 17.8. The summed E-state index contributed by atoms with van der Waals surface area (Å²) in [6.45, 7) is 2.32. The molecule has 0 saturated carbocycles. The molecule has 3 aromatic rings. The van der Waals surface area contributed by atoms with Gasteiger partial charge in [-0.1, -0.05) is 30.3 Å². The number of thiophene rings is 1. The molecular formula is C24H22FN3O3S2. The van der Waals surface area contributed by atoms with E-state index in [4.69, 9.17) is 0 Å². The fraction of sp³-hybridized carbons (Fsp3) is 0.250. The summed E-state index contributed by atoms with van der Waals surface area (Å²) in [6.07, 6.45) is 0.462. The molecule has 0 saturated heterocycles. The van der Waals surface area contributed by atoms with E-state index < -0.39 is 27.3 Å². The summed E-state index contributed by atoms with van der Waals surface area (Å²) in [4.78, 5) is 15.8. The van der Waals surface area contributed by atoms with Gasteiger partial charge in [-0.2, -0.15) is 5.26 Å². The summed E-state index contributed by atoms with van der Waals surface area (Å²) in [5.41, 5.74) is 2.64. The van der Waals surface area contributed by atoms with Gasteiger partial charge in [0.2, 0.25) is 5.91 Å². The minimum atomic E-state index is -3.72. The van der Waals surface area contributed by atoms with E-state index in [0.717, 1.165) is 42.1 Å². The highest BCUT2D eigenvalue weighted by Gasteiger charge is 2.26. The first-order valence-corrected chi connectivity index (χ1v) is 12.9. The second kappa shape index (κ2) is 9.83. The molecule has 0 atom stereocenters. The van der Waals surface area contributed by atoms with E-state index in [-0.39, 0.29) is 11.3 Å². The second-order valence-electron chi connectivity index (χ2n) is 7.84. The van der Waals surface area contributed by atoms with E-state index in [1.54, 1.807) is 0 Å². The number of sulfone groups is 1. The molecule has 170 valence electrons. The maximum absolute atomic E-state index is 13.0. The first kappa shape index (κ1) is 23.1. The van der Waals surface area contributed by atoms with E-state index in [1.807, 2.05) is 18.2 Å². The SMILES string of the molecule is N#Cc1c(NC(=O)CCS(=O)(=O)c2ccc(F)cc2)sc2c1CCN(Cc1ccccc1)C2. The van der Waals surface area contributed by atoms with Crippen molar-refractivity contribution in [2.24, 2.45) is 0 Å². The summed E-state index contributed by atoms with van der Waals surface area (Å²) >= 11 is 1.37. The van der Waals surface area contributed by atoms with Gasteiger partial charge in [0.25, 0.3) is 0 Å². The molecule has 0 fully saturated rings. The number of fused-ring (bicyclic) bond motifs is 1. The zero-order chi connectivity index (χ0) is 23.4. The molecule has 0 radical (unpaired) electrons. The average molecular weight is 484 g/mol. The lowest BCUT2D eigenvalue weighted by atomic mass is 10.0. The first-order chi connectivity index (χ1) is 15.9. The van der Waals surface area contributed by atoms with Crippen LogP contribution in [-0.2, 0) is 34.1 Å². The number of nitrogens with zero attached hydrogens (tertiary/aromatic N) is 2. The van der Waals surface area contributed by atoms with Crippen molar-refractivity contribution in [3.8, 4) is 6.07 Å². The quantitative estimate of drug-likeness (QED) is 0.511. The standard InChI is InChI=1S/C24H22FN3O3S2/c25-18-6-8-19(9-7-18)33(30,31)13-11-23(29)27-24-21(14-26)20-10-12-28(16-22(20)32-24)15-17-4-2-1-3-5-17/h1-9H,10-13,15-16H2,(H,27,29). The molecule has 1 N–H and O–H groups in total. The predicted molar refractivity (Wildman–Crippen MR) is 125 cm³/mol. The van der Waals surface area contributed by atoms with Gasteiger partial charge in [-0.3, -0.25) is 9.69 Å². The van der Waals surface area contributed by atoms with Gasteiger partial charge >= 0.3 is 0 Å². The topological polar surface area (TPSA) is 90.3 Å². The van der Waals surface area contributed by atoms with Crippen LogP contribution in [0.2, 0.25) is 0 Å². The van der Waals surface area contributed by atoms with Crippen molar-refractivity contribution in [1.29, 1.82) is 5.26 Å². The highest BCUT2D eigenvalue weighted by molar-refractivity contribution is 7.91. The molecular weight excluding hydrogens is 461 g/mol. The highest BCUT2D eigenvalue weighted by atomic mass is 32.2. The van der Waals surface area contributed by atoms with Crippen molar-refractivity contribution in [2.75, 3.05) is 17.6 Å². The van der Waals surface area contributed by atoms with E-state index in [0.29, 0.717) is 17.1 Å². The average Bonchev–Trinajstić information content (AvgIpc) is 3.14. The van der Waals surface area contributed by atoms with Gasteiger partial charge in [0.15, 0.2) is 9.84 Å². The van der Waals surface area contributed by atoms with Gasteiger partial charge in [0.1, 0.15) is 16.9 Å². The Balaban J connectivity index is 1.41. The summed E-state index contributed by atoms with van der Waals surface area (Å²) < 4.78 is 37.9. The molecule has 1 aliphatic heterocycles. The molecule has 33 heavy (non-hydrogen) atoms. The maximum atomic E-state index is 13.0. The Morgan fingerprint density at radius 3 is 2.58 bits per heavy atom. The number of carbonyl (C=O) groups excluding carboxylic acids is 1. The Hall–Kier alpha value is -3.06. The monoisotopic (exact) mass is 483 g/mol. The number of benzene rings is 2. The highest BCUT2D eigenvalue weighted by Crippen LogP contribution is 2.37. The molecule has 1 amide bonds. The minimum absolute atomic E-state index is 0.0282. The van der Waals surface area contributed by atoms with Crippen molar-refractivity contribution in [1.82, 2.24) is 4.90 Å². The van der Waals surface area contributed by atoms with Gasteiger partial charge in [0, 0.05) is 30.9 Å². The molecule has 0 unspecified atom stereocenters. The number of nitriles is 1. The summed E-state index contributed by atoms with van der Waals surface area (Å²) in [6, 6.07) is 16.9. The van der Waals surface area contributed by atoms with Crippen LogP contribution in [0.25, 0.3) is 0 Å². The Morgan fingerprint density at radius 2 is 1.88 bits per heavy atom. The Bertz CT molecular complexity index is 1300. The number of nitrogens with one attached hydrogen (secondary N) is 1. The van der Waals surface area contributed by atoms with Crippen molar-refractivity contribution in [3.63, 3.8) is 0 Å². The number of rotatable bonds is 7. The third-order valence-corrected chi connectivity index (χ3v) is 8.38. The van der Waals surface area contributed by atoms with Gasteiger partial charge < -0.3 is 5.32 Å². The molecule has 2 heterocycles. The van der Waals surface area contributed by atoms with Crippen molar-refractivity contribution >= 4 is 32.1 Å². The minimum Gasteiger partial charge on any atom is -0.317 e. The van der Waals surface area contributed by atoms with Crippen molar-refractivity contribution < 1.29 is 17.6 Å². The summed E-state index contributed by atoms with van der Waals surface area (Å²) in [7, 11) is -3.72. The molecule has 1 aromatic heterocycles. The van der Waals surface area contributed by atoms with Crippen LogP contribution in [-0.4, -0.2) is 31.5 Å². The predicted octanol–water partition coefficient (Wildman–Crippen LogP) is 4.12. The van der Waals surface area contributed by atoms with E-state index >= 15 is 0 Å². The Morgan fingerprint density at radius 1 is 1.15 bits per heavy atom. The van der Waals surface area contributed by atoms with Crippen molar-refractivity contribution in [2.45, 2.75) is 30.8 Å². The number of halogens is 1.